The molecule has 0 fully saturated rings. The molecule has 0 aliphatic rings. The van der Waals surface area contributed by atoms with E-state index in [1.165, 1.54) is 36.3 Å². The summed E-state index contributed by atoms with van der Waals surface area (Å²) in [6.45, 7) is 6.97. The molecule has 2 aromatic rings. The Morgan fingerprint density at radius 1 is 0.700 bits per heavy atom. The smallest absolute Gasteiger partial charge is 0.175 e. The van der Waals surface area contributed by atoms with Gasteiger partial charge in [0.1, 0.15) is 0 Å². The molecule has 0 amide bonds. The van der Waals surface area contributed by atoms with Crippen LogP contribution in [0.2, 0.25) is 0 Å². The Labute approximate surface area is 124 Å². The molecular formula is C18H25NSi. The maximum absolute atomic E-state index is 2.74. The van der Waals surface area contributed by atoms with Crippen LogP contribution in [0, 0.1) is 0 Å². The minimum atomic E-state index is -1.27. The highest BCUT2D eigenvalue weighted by molar-refractivity contribution is 6.82. The molecule has 1 nitrogen and oxygen atoms in total. The van der Waals surface area contributed by atoms with Crippen molar-refractivity contribution in [2.75, 3.05) is 13.1 Å². The first kappa shape index (κ1) is 15.0. The Kier molecular flexibility index (Phi) is 6.03. The van der Waals surface area contributed by atoms with Gasteiger partial charge in [0.25, 0.3) is 0 Å². The fourth-order valence-electron chi connectivity index (χ4n) is 2.83. The van der Waals surface area contributed by atoms with E-state index in [4.69, 9.17) is 0 Å². The second-order valence-electron chi connectivity index (χ2n) is 5.26. The quantitative estimate of drug-likeness (QED) is 0.706. The summed E-state index contributed by atoms with van der Waals surface area (Å²) in [5, 5.41) is 3.06. The molecule has 0 atom stereocenters. The molecule has 20 heavy (non-hydrogen) atoms. The van der Waals surface area contributed by atoms with Crippen LogP contribution in [0.15, 0.2) is 60.7 Å². The van der Waals surface area contributed by atoms with E-state index in [0.29, 0.717) is 0 Å². The number of hydrogen-bond acceptors (Lipinski definition) is 1. The van der Waals surface area contributed by atoms with Crippen molar-refractivity contribution in [3.63, 3.8) is 0 Å². The van der Waals surface area contributed by atoms with Gasteiger partial charge in [-0.05, 0) is 36.3 Å². The molecule has 0 aromatic heterocycles. The van der Waals surface area contributed by atoms with E-state index in [-0.39, 0.29) is 0 Å². The van der Waals surface area contributed by atoms with Crippen LogP contribution in [0.3, 0.4) is 0 Å². The van der Waals surface area contributed by atoms with Crippen LogP contribution in [0.25, 0.3) is 0 Å². The predicted octanol–water partition coefficient (Wildman–Crippen LogP) is 2.65. The van der Waals surface area contributed by atoms with Gasteiger partial charge in [-0.1, -0.05) is 74.5 Å². The molecule has 2 rings (SSSR count). The van der Waals surface area contributed by atoms with Crippen LogP contribution < -0.4 is 10.4 Å². The largest absolute Gasteiger partial charge is 0.319 e. The molecule has 0 unspecified atom stereocenters. The van der Waals surface area contributed by atoms with Gasteiger partial charge < -0.3 is 4.57 Å². The van der Waals surface area contributed by atoms with Crippen LogP contribution >= 0.6 is 0 Å². The third-order valence-electron chi connectivity index (χ3n) is 3.62. The molecule has 0 spiro atoms. The monoisotopic (exact) mass is 283 g/mol. The van der Waals surface area contributed by atoms with Crippen molar-refractivity contribution in [2.24, 2.45) is 0 Å². The van der Waals surface area contributed by atoms with Gasteiger partial charge in [-0.15, -0.1) is 0 Å². The summed E-state index contributed by atoms with van der Waals surface area (Å²) in [6.07, 6.45) is 2.45. The molecule has 2 heteroatoms. The first-order valence-electron chi connectivity index (χ1n) is 7.70. The van der Waals surface area contributed by atoms with Crippen molar-refractivity contribution in [1.29, 1.82) is 0 Å². The highest BCUT2D eigenvalue weighted by atomic mass is 28.3. The van der Waals surface area contributed by atoms with Gasteiger partial charge in [0.05, 0.1) is 0 Å². The second kappa shape index (κ2) is 8.03. The number of nitrogens with zero attached hydrogens (tertiary/aromatic N) is 1. The summed E-state index contributed by atoms with van der Waals surface area (Å²) in [6, 6.07) is 22.2. The van der Waals surface area contributed by atoms with Crippen molar-refractivity contribution >= 4 is 19.3 Å². The Hall–Kier alpha value is -1.38. The first-order valence-corrected chi connectivity index (χ1v) is 9.37. The Balaban J connectivity index is 2.38. The van der Waals surface area contributed by atoms with Gasteiger partial charge in [-0.25, -0.2) is 0 Å². The lowest BCUT2D eigenvalue weighted by Crippen LogP contribution is -2.56. The fraction of sp³-hybridized carbons (Fsp3) is 0.333. The van der Waals surface area contributed by atoms with Crippen LogP contribution in [0.4, 0.5) is 0 Å². The third kappa shape index (κ3) is 3.81. The van der Waals surface area contributed by atoms with E-state index >= 15 is 0 Å². The van der Waals surface area contributed by atoms with Crippen LogP contribution in [0.5, 0.6) is 0 Å². The van der Waals surface area contributed by atoms with Gasteiger partial charge in [0, 0.05) is 0 Å². The Morgan fingerprint density at radius 2 is 1.10 bits per heavy atom. The van der Waals surface area contributed by atoms with Crippen LogP contribution in [-0.4, -0.2) is 26.6 Å². The number of hydrogen-bond donors (Lipinski definition) is 0. The van der Waals surface area contributed by atoms with Gasteiger partial charge in [-0.3, -0.25) is 0 Å². The highest BCUT2D eigenvalue weighted by Gasteiger charge is 2.22. The lowest BCUT2D eigenvalue weighted by Gasteiger charge is -2.31. The van der Waals surface area contributed by atoms with Crippen molar-refractivity contribution in [1.82, 2.24) is 4.57 Å². The van der Waals surface area contributed by atoms with E-state index in [1.54, 1.807) is 0 Å². The lowest BCUT2D eigenvalue weighted by molar-refractivity contribution is 0.438. The fourth-order valence-corrected chi connectivity index (χ4v) is 6.26. The molecule has 0 aliphatic carbocycles. The maximum Gasteiger partial charge on any atom is 0.175 e. The molecule has 0 heterocycles. The summed E-state index contributed by atoms with van der Waals surface area (Å²) in [4.78, 5) is 0. The summed E-state index contributed by atoms with van der Waals surface area (Å²) in [5.41, 5.74) is 0. The van der Waals surface area contributed by atoms with Crippen molar-refractivity contribution in [2.45, 2.75) is 26.7 Å². The Bertz CT molecular complexity index is 438. The van der Waals surface area contributed by atoms with Crippen molar-refractivity contribution in [3.05, 3.63) is 60.7 Å². The summed E-state index contributed by atoms with van der Waals surface area (Å²) in [7, 11) is -1.27. The van der Waals surface area contributed by atoms with E-state index < -0.39 is 8.96 Å². The zero-order valence-corrected chi connectivity index (χ0v) is 13.8. The van der Waals surface area contributed by atoms with Gasteiger partial charge in [-0.2, -0.15) is 0 Å². The van der Waals surface area contributed by atoms with E-state index in [1.807, 2.05) is 0 Å². The summed E-state index contributed by atoms with van der Waals surface area (Å²) < 4.78 is 2.74. The molecule has 0 aliphatic heterocycles. The number of benzene rings is 2. The molecular weight excluding hydrogens is 258 g/mol. The minimum Gasteiger partial charge on any atom is -0.319 e. The molecule has 0 N–H and O–H groups in total. The van der Waals surface area contributed by atoms with Crippen LogP contribution in [0.1, 0.15) is 26.7 Å². The topological polar surface area (TPSA) is 3.24 Å². The molecule has 0 saturated heterocycles. The molecule has 106 valence electrons. The van der Waals surface area contributed by atoms with Crippen LogP contribution in [-0.2, 0) is 0 Å². The summed E-state index contributed by atoms with van der Waals surface area (Å²) >= 11 is 0. The van der Waals surface area contributed by atoms with Crippen molar-refractivity contribution in [3.8, 4) is 0 Å². The van der Waals surface area contributed by atoms with Gasteiger partial charge in [0.2, 0.25) is 0 Å². The molecule has 0 saturated carbocycles. The normalized spacial score (nSPS) is 11.2. The van der Waals surface area contributed by atoms with E-state index in [0.717, 1.165) is 0 Å². The first-order chi connectivity index (χ1) is 9.86. The second-order valence-corrected chi connectivity index (χ2v) is 8.13. The van der Waals surface area contributed by atoms with Gasteiger partial charge in [0.15, 0.2) is 8.96 Å². The molecule has 2 aromatic carbocycles. The average Bonchev–Trinajstić information content (AvgIpc) is 2.50. The molecule has 0 radical (unpaired) electrons. The molecule has 0 bridgehead atoms. The van der Waals surface area contributed by atoms with Gasteiger partial charge >= 0.3 is 0 Å². The average molecular weight is 283 g/mol. The standard InChI is InChI=1S/C18H25NSi/c1-3-15-19(16-4-2)20(17-11-7-5-8-12-17)18-13-9-6-10-14-18/h5-14,20H,3-4,15-16H2,1-2H3. The van der Waals surface area contributed by atoms with Crippen molar-refractivity contribution < 1.29 is 0 Å². The van der Waals surface area contributed by atoms with E-state index in [2.05, 4.69) is 79.1 Å². The summed E-state index contributed by atoms with van der Waals surface area (Å²) in [5.74, 6) is 0. The minimum absolute atomic E-state index is 1.20. The lowest BCUT2D eigenvalue weighted by atomic mass is 10.4. The predicted molar refractivity (Wildman–Crippen MR) is 91.5 cm³/mol. The highest BCUT2D eigenvalue weighted by Crippen LogP contribution is 2.02. The zero-order valence-electron chi connectivity index (χ0n) is 12.6. The SMILES string of the molecule is CCCN(CCC)[SiH](c1ccccc1)c1ccccc1. The van der Waals surface area contributed by atoms with E-state index in [9.17, 15) is 0 Å². The maximum atomic E-state index is 2.74. The number of rotatable bonds is 7. The Morgan fingerprint density at radius 3 is 1.45 bits per heavy atom. The third-order valence-corrected chi connectivity index (χ3v) is 6.90. The zero-order chi connectivity index (χ0) is 14.2.